The first-order valence-corrected chi connectivity index (χ1v) is 8.95. The van der Waals surface area contributed by atoms with Gasteiger partial charge in [0.05, 0.1) is 14.2 Å². The van der Waals surface area contributed by atoms with Crippen LogP contribution >= 0.6 is 24.0 Å². The van der Waals surface area contributed by atoms with Crippen LogP contribution in [0.15, 0.2) is 47.5 Å². The highest BCUT2D eigenvalue weighted by atomic mass is 127. The first kappa shape index (κ1) is 24.5. The van der Waals surface area contributed by atoms with E-state index >= 15 is 0 Å². The second kappa shape index (κ2) is 12.2. The molecule has 2 aromatic carbocycles. The fraction of sp³-hybridized carbons (Fsp3) is 0.333. The Balaban J connectivity index is 0.00000420. The number of halogens is 1. The molecule has 0 aliphatic heterocycles. The molecule has 0 atom stereocenters. The van der Waals surface area contributed by atoms with Crippen molar-refractivity contribution in [2.24, 2.45) is 4.99 Å². The summed E-state index contributed by atoms with van der Waals surface area (Å²) in [6.07, 6.45) is 0. The molecule has 0 spiro atoms. The average Bonchev–Trinajstić information content (AvgIpc) is 2.73. The van der Waals surface area contributed by atoms with E-state index in [0.717, 1.165) is 11.1 Å². The summed E-state index contributed by atoms with van der Waals surface area (Å²) in [4.78, 5) is 17.8. The minimum atomic E-state index is -0.00998. The molecule has 0 saturated heterocycles. The number of nitrogens with one attached hydrogen (secondary N) is 2. The maximum absolute atomic E-state index is 11.9. The summed E-state index contributed by atoms with van der Waals surface area (Å²) < 4.78 is 10.8. The minimum absolute atomic E-state index is 0. The van der Waals surface area contributed by atoms with Crippen LogP contribution in [-0.4, -0.2) is 52.1 Å². The Morgan fingerprint density at radius 1 is 1.00 bits per heavy atom. The van der Waals surface area contributed by atoms with Crippen LogP contribution in [0.2, 0.25) is 0 Å². The lowest BCUT2D eigenvalue weighted by atomic mass is 10.1. The van der Waals surface area contributed by atoms with Crippen LogP contribution in [0, 0.1) is 0 Å². The molecule has 0 heterocycles. The van der Waals surface area contributed by atoms with Crippen molar-refractivity contribution in [2.75, 3.05) is 35.4 Å². The van der Waals surface area contributed by atoms with Gasteiger partial charge in [-0.05, 0) is 23.8 Å². The topological polar surface area (TPSA) is 75.2 Å². The quantitative estimate of drug-likeness (QED) is 0.339. The molecule has 0 bridgehead atoms. The van der Waals surface area contributed by atoms with E-state index in [1.807, 2.05) is 42.5 Å². The number of nitrogens with zero attached hydrogens (tertiary/aromatic N) is 2. The maximum Gasteiger partial charge on any atom is 0.253 e. The molecule has 0 aromatic heterocycles. The maximum atomic E-state index is 11.9. The van der Waals surface area contributed by atoms with E-state index in [9.17, 15) is 4.79 Å². The molecule has 2 N–H and O–H groups in total. The Kier molecular flexibility index (Phi) is 10.3. The number of carbonyl (C=O) groups is 1. The molecule has 0 aliphatic carbocycles. The summed E-state index contributed by atoms with van der Waals surface area (Å²) in [6, 6.07) is 13.3. The number of benzene rings is 2. The van der Waals surface area contributed by atoms with Gasteiger partial charge in [-0.3, -0.25) is 9.79 Å². The Labute approximate surface area is 189 Å². The van der Waals surface area contributed by atoms with E-state index in [2.05, 4.69) is 15.6 Å². The number of guanidine groups is 1. The van der Waals surface area contributed by atoms with E-state index in [1.54, 1.807) is 40.3 Å². The molecule has 8 heteroatoms. The number of ether oxygens (including phenoxy) is 2. The van der Waals surface area contributed by atoms with Gasteiger partial charge >= 0.3 is 0 Å². The van der Waals surface area contributed by atoms with Crippen LogP contribution < -0.4 is 20.1 Å². The number of hydrogen-bond donors (Lipinski definition) is 2. The third-order valence-corrected chi connectivity index (χ3v) is 4.22. The highest BCUT2D eigenvalue weighted by Gasteiger charge is 2.10. The third-order valence-electron chi connectivity index (χ3n) is 4.22. The summed E-state index contributed by atoms with van der Waals surface area (Å²) in [7, 11) is 8.44. The SMILES string of the molecule is CN=C(NCc1ccc(C(=O)N(C)C)cc1)NCc1cccc(OC)c1OC.I. The third kappa shape index (κ3) is 6.81. The Morgan fingerprint density at radius 2 is 1.66 bits per heavy atom. The molecule has 0 unspecified atom stereocenters. The first-order chi connectivity index (χ1) is 13.5. The van der Waals surface area contributed by atoms with Gasteiger partial charge in [-0.2, -0.15) is 0 Å². The summed E-state index contributed by atoms with van der Waals surface area (Å²) in [5.74, 6) is 2.05. The molecule has 2 aromatic rings. The summed E-state index contributed by atoms with van der Waals surface area (Å²) >= 11 is 0. The number of methoxy groups -OCH3 is 2. The second-order valence-electron chi connectivity index (χ2n) is 6.33. The Hall–Kier alpha value is -2.49. The van der Waals surface area contributed by atoms with Crippen molar-refractivity contribution in [3.63, 3.8) is 0 Å². The monoisotopic (exact) mass is 512 g/mol. The fourth-order valence-electron chi connectivity index (χ4n) is 2.70. The smallest absolute Gasteiger partial charge is 0.253 e. The lowest BCUT2D eigenvalue weighted by Gasteiger charge is -2.15. The van der Waals surface area contributed by atoms with Crippen molar-refractivity contribution >= 4 is 35.8 Å². The number of para-hydroxylation sites is 1. The average molecular weight is 512 g/mol. The highest BCUT2D eigenvalue weighted by molar-refractivity contribution is 14.0. The van der Waals surface area contributed by atoms with Gasteiger partial charge in [0.2, 0.25) is 0 Å². The van der Waals surface area contributed by atoms with Gasteiger partial charge in [-0.25, -0.2) is 0 Å². The standard InChI is InChI=1S/C21H28N4O3.HI/c1-22-21(24-14-17-7-6-8-18(27-4)19(17)28-5)23-13-15-9-11-16(12-10-15)20(26)25(2)3;/h6-12H,13-14H2,1-5H3,(H2,22,23,24);1H. The first-order valence-electron chi connectivity index (χ1n) is 8.95. The van der Waals surface area contributed by atoms with Crippen molar-refractivity contribution in [1.29, 1.82) is 0 Å². The Bertz CT molecular complexity index is 823. The van der Waals surface area contributed by atoms with Gasteiger partial charge in [0, 0.05) is 45.4 Å². The number of rotatable bonds is 7. The zero-order valence-corrected chi connectivity index (χ0v) is 19.8. The molecule has 0 radical (unpaired) electrons. The molecule has 0 fully saturated rings. The van der Waals surface area contributed by atoms with Gasteiger partial charge in [0.25, 0.3) is 5.91 Å². The van der Waals surface area contributed by atoms with E-state index in [4.69, 9.17) is 9.47 Å². The number of aliphatic imine (C=N–C) groups is 1. The van der Waals surface area contributed by atoms with Crippen LogP contribution in [0.1, 0.15) is 21.5 Å². The van der Waals surface area contributed by atoms with Crippen molar-refractivity contribution in [2.45, 2.75) is 13.1 Å². The lowest BCUT2D eigenvalue weighted by molar-refractivity contribution is 0.0827. The van der Waals surface area contributed by atoms with Gasteiger partial charge in [0.15, 0.2) is 17.5 Å². The molecule has 1 amide bonds. The van der Waals surface area contributed by atoms with Gasteiger partial charge in [-0.1, -0.05) is 24.3 Å². The molecular formula is C21H29IN4O3. The van der Waals surface area contributed by atoms with Crippen LogP contribution in [0.25, 0.3) is 0 Å². The van der Waals surface area contributed by atoms with Gasteiger partial charge < -0.3 is 25.0 Å². The molecule has 158 valence electrons. The molecule has 0 aliphatic rings. The lowest BCUT2D eigenvalue weighted by Crippen LogP contribution is -2.36. The van der Waals surface area contributed by atoms with Crippen molar-refractivity contribution < 1.29 is 14.3 Å². The summed E-state index contributed by atoms with van der Waals surface area (Å²) in [6.45, 7) is 1.13. The number of hydrogen-bond acceptors (Lipinski definition) is 4. The van der Waals surface area contributed by atoms with Gasteiger partial charge in [-0.15, -0.1) is 24.0 Å². The summed E-state index contributed by atoms with van der Waals surface area (Å²) in [5, 5.41) is 6.53. The van der Waals surface area contributed by atoms with Crippen LogP contribution in [-0.2, 0) is 13.1 Å². The van der Waals surface area contributed by atoms with Crippen LogP contribution in [0.4, 0.5) is 0 Å². The van der Waals surface area contributed by atoms with Crippen molar-refractivity contribution in [3.8, 4) is 11.5 Å². The van der Waals surface area contributed by atoms with E-state index in [0.29, 0.717) is 36.1 Å². The molecular weight excluding hydrogens is 483 g/mol. The van der Waals surface area contributed by atoms with Gasteiger partial charge in [0.1, 0.15) is 0 Å². The molecule has 7 nitrogen and oxygen atoms in total. The van der Waals surface area contributed by atoms with Crippen molar-refractivity contribution in [3.05, 3.63) is 59.2 Å². The highest BCUT2D eigenvalue weighted by Crippen LogP contribution is 2.30. The fourth-order valence-corrected chi connectivity index (χ4v) is 2.70. The summed E-state index contributed by atoms with van der Waals surface area (Å²) in [5.41, 5.74) is 2.69. The number of carbonyl (C=O) groups excluding carboxylic acids is 1. The zero-order valence-electron chi connectivity index (χ0n) is 17.5. The predicted molar refractivity (Wildman–Crippen MR) is 126 cm³/mol. The molecule has 0 saturated carbocycles. The second-order valence-corrected chi connectivity index (χ2v) is 6.33. The largest absolute Gasteiger partial charge is 0.493 e. The minimum Gasteiger partial charge on any atom is -0.493 e. The number of amides is 1. The van der Waals surface area contributed by atoms with Crippen LogP contribution in [0.5, 0.6) is 11.5 Å². The predicted octanol–water partition coefficient (Wildman–Crippen LogP) is 2.89. The normalized spacial score (nSPS) is 10.6. The zero-order chi connectivity index (χ0) is 20.5. The van der Waals surface area contributed by atoms with E-state index < -0.39 is 0 Å². The van der Waals surface area contributed by atoms with E-state index in [1.165, 1.54) is 0 Å². The van der Waals surface area contributed by atoms with Crippen molar-refractivity contribution in [1.82, 2.24) is 15.5 Å². The van der Waals surface area contributed by atoms with E-state index in [-0.39, 0.29) is 29.9 Å². The van der Waals surface area contributed by atoms with Crippen LogP contribution in [0.3, 0.4) is 0 Å². The Morgan fingerprint density at radius 3 is 2.21 bits per heavy atom. The molecule has 2 rings (SSSR count). The molecule has 29 heavy (non-hydrogen) atoms.